The molecule has 0 fully saturated rings. The minimum absolute atomic E-state index is 0.0520. The van der Waals surface area contributed by atoms with Gasteiger partial charge in [0.25, 0.3) is 0 Å². The summed E-state index contributed by atoms with van der Waals surface area (Å²) < 4.78 is 10.3. The SMILES string of the molecule is CCOC(=O)N(CCN)C(=O)NCOc1cccc(C)c1C. The summed E-state index contributed by atoms with van der Waals surface area (Å²) in [5, 5.41) is 2.51. The maximum absolute atomic E-state index is 12.0. The molecule has 0 heterocycles. The van der Waals surface area contributed by atoms with Gasteiger partial charge in [-0.1, -0.05) is 12.1 Å². The molecule has 1 aromatic rings. The van der Waals surface area contributed by atoms with Crippen LogP contribution in [0, 0.1) is 13.8 Å². The maximum atomic E-state index is 12.0. The van der Waals surface area contributed by atoms with Gasteiger partial charge >= 0.3 is 12.1 Å². The number of imide groups is 1. The number of nitrogens with one attached hydrogen (secondary N) is 1. The number of nitrogens with zero attached hydrogens (tertiary/aromatic N) is 1. The van der Waals surface area contributed by atoms with E-state index in [-0.39, 0.29) is 26.4 Å². The molecule has 1 rings (SSSR count). The molecule has 0 saturated carbocycles. The number of hydrogen-bond acceptors (Lipinski definition) is 5. The second-order valence-corrected chi connectivity index (χ2v) is 4.61. The summed E-state index contributed by atoms with van der Waals surface area (Å²) in [5.74, 6) is 0.682. The molecule has 0 radical (unpaired) electrons. The van der Waals surface area contributed by atoms with Gasteiger partial charge in [-0.2, -0.15) is 0 Å². The molecule has 0 unspecified atom stereocenters. The Morgan fingerprint density at radius 2 is 2.05 bits per heavy atom. The highest BCUT2D eigenvalue weighted by Crippen LogP contribution is 2.19. The smallest absolute Gasteiger partial charge is 0.418 e. The van der Waals surface area contributed by atoms with Crippen molar-refractivity contribution in [2.75, 3.05) is 26.4 Å². The molecule has 0 saturated heterocycles. The van der Waals surface area contributed by atoms with Crippen molar-refractivity contribution in [3.8, 4) is 5.75 Å². The third-order valence-corrected chi connectivity index (χ3v) is 3.09. The second-order valence-electron chi connectivity index (χ2n) is 4.61. The molecule has 0 aliphatic carbocycles. The fraction of sp³-hybridized carbons (Fsp3) is 0.467. The fourth-order valence-corrected chi connectivity index (χ4v) is 1.76. The van der Waals surface area contributed by atoms with Crippen LogP contribution in [-0.2, 0) is 4.74 Å². The first kappa shape index (κ1) is 17.8. The summed E-state index contributed by atoms with van der Waals surface area (Å²) in [7, 11) is 0. The Balaban J connectivity index is 2.56. The molecule has 0 bridgehead atoms. The van der Waals surface area contributed by atoms with Crippen LogP contribution >= 0.6 is 0 Å². The van der Waals surface area contributed by atoms with Gasteiger partial charge in [0.1, 0.15) is 5.75 Å². The predicted octanol–water partition coefficient (Wildman–Crippen LogP) is 1.77. The molecule has 0 aliphatic heterocycles. The summed E-state index contributed by atoms with van der Waals surface area (Å²) in [5.41, 5.74) is 7.49. The van der Waals surface area contributed by atoms with Crippen molar-refractivity contribution in [1.29, 1.82) is 0 Å². The molecule has 3 amide bonds. The van der Waals surface area contributed by atoms with Crippen LogP contribution in [-0.4, -0.2) is 43.5 Å². The van der Waals surface area contributed by atoms with Crippen molar-refractivity contribution in [2.45, 2.75) is 20.8 Å². The van der Waals surface area contributed by atoms with Gasteiger partial charge in [-0.25, -0.2) is 14.5 Å². The van der Waals surface area contributed by atoms with Crippen LogP contribution in [0.3, 0.4) is 0 Å². The van der Waals surface area contributed by atoms with Gasteiger partial charge in [0.2, 0.25) is 0 Å². The van der Waals surface area contributed by atoms with Crippen molar-refractivity contribution >= 4 is 12.1 Å². The van der Waals surface area contributed by atoms with E-state index in [0.717, 1.165) is 16.0 Å². The first-order valence-corrected chi connectivity index (χ1v) is 7.12. The first-order valence-electron chi connectivity index (χ1n) is 7.12. The zero-order chi connectivity index (χ0) is 16.5. The molecule has 22 heavy (non-hydrogen) atoms. The Morgan fingerprint density at radius 1 is 1.32 bits per heavy atom. The number of benzene rings is 1. The van der Waals surface area contributed by atoms with Gasteiger partial charge in [0.15, 0.2) is 6.73 Å². The van der Waals surface area contributed by atoms with E-state index in [1.54, 1.807) is 6.92 Å². The Kier molecular flexibility index (Phi) is 7.18. The third-order valence-electron chi connectivity index (χ3n) is 3.09. The van der Waals surface area contributed by atoms with Crippen molar-refractivity contribution in [3.05, 3.63) is 29.3 Å². The van der Waals surface area contributed by atoms with Gasteiger partial charge in [-0.05, 0) is 38.0 Å². The zero-order valence-corrected chi connectivity index (χ0v) is 13.2. The summed E-state index contributed by atoms with van der Waals surface area (Å²) in [6.07, 6.45) is -0.725. The van der Waals surface area contributed by atoms with Gasteiger partial charge in [0.05, 0.1) is 6.61 Å². The lowest BCUT2D eigenvalue weighted by Crippen LogP contribution is -2.47. The van der Waals surface area contributed by atoms with Gasteiger partial charge in [-0.3, -0.25) is 0 Å². The van der Waals surface area contributed by atoms with E-state index in [9.17, 15) is 9.59 Å². The summed E-state index contributed by atoms with van der Waals surface area (Å²) in [6, 6.07) is 5.06. The van der Waals surface area contributed by atoms with Crippen LogP contribution in [0.2, 0.25) is 0 Å². The molecule has 3 N–H and O–H groups in total. The van der Waals surface area contributed by atoms with Crippen LogP contribution in [0.4, 0.5) is 9.59 Å². The molecule has 0 aromatic heterocycles. The monoisotopic (exact) mass is 309 g/mol. The topological polar surface area (TPSA) is 93.9 Å². The number of aryl methyl sites for hydroxylation is 1. The van der Waals surface area contributed by atoms with Crippen molar-refractivity contribution in [2.24, 2.45) is 5.73 Å². The van der Waals surface area contributed by atoms with E-state index >= 15 is 0 Å². The number of urea groups is 1. The molecule has 122 valence electrons. The standard InChI is InChI=1S/C15H23N3O4/c1-4-21-15(20)18(9-8-16)14(19)17-10-22-13-7-5-6-11(2)12(13)3/h5-7H,4,8-10,16H2,1-3H3,(H,17,19). The van der Waals surface area contributed by atoms with Gasteiger partial charge in [-0.15, -0.1) is 0 Å². The van der Waals surface area contributed by atoms with Crippen molar-refractivity contribution in [1.82, 2.24) is 10.2 Å². The second kappa shape index (κ2) is 8.89. The average Bonchev–Trinajstić information content (AvgIpc) is 2.49. The van der Waals surface area contributed by atoms with Crippen LogP contribution in [0.25, 0.3) is 0 Å². The van der Waals surface area contributed by atoms with Crippen molar-refractivity contribution < 1.29 is 19.1 Å². The summed E-state index contributed by atoms with van der Waals surface area (Å²) in [6.45, 7) is 5.95. The lowest BCUT2D eigenvalue weighted by atomic mass is 10.1. The minimum Gasteiger partial charge on any atom is -0.473 e. The summed E-state index contributed by atoms with van der Waals surface area (Å²) >= 11 is 0. The minimum atomic E-state index is -0.725. The molecule has 0 aliphatic rings. The highest BCUT2D eigenvalue weighted by atomic mass is 16.6. The number of carbonyl (C=O) groups excluding carboxylic acids is 2. The molecule has 0 atom stereocenters. The maximum Gasteiger partial charge on any atom is 0.418 e. The Labute approximate surface area is 130 Å². The van der Waals surface area contributed by atoms with Gasteiger partial charge in [0, 0.05) is 13.1 Å². The van der Waals surface area contributed by atoms with E-state index in [2.05, 4.69) is 5.32 Å². The van der Waals surface area contributed by atoms with Gasteiger partial charge < -0.3 is 20.5 Å². The number of nitrogens with two attached hydrogens (primary N) is 1. The number of hydrogen-bond donors (Lipinski definition) is 2. The fourth-order valence-electron chi connectivity index (χ4n) is 1.76. The van der Waals surface area contributed by atoms with Crippen LogP contribution in [0.5, 0.6) is 5.75 Å². The normalized spacial score (nSPS) is 10.0. The predicted molar refractivity (Wildman–Crippen MR) is 82.7 cm³/mol. The lowest BCUT2D eigenvalue weighted by molar-refractivity contribution is 0.113. The average molecular weight is 309 g/mol. The molecular weight excluding hydrogens is 286 g/mol. The Morgan fingerprint density at radius 3 is 2.68 bits per heavy atom. The number of carbonyl (C=O) groups is 2. The van der Waals surface area contributed by atoms with E-state index in [1.165, 1.54) is 0 Å². The zero-order valence-electron chi connectivity index (χ0n) is 13.2. The molecule has 0 spiro atoms. The quantitative estimate of drug-likeness (QED) is 0.781. The van der Waals surface area contributed by atoms with Crippen LogP contribution in [0.1, 0.15) is 18.1 Å². The van der Waals surface area contributed by atoms with E-state index in [0.29, 0.717) is 5.75 Å². The number of ether oxygens (including phenoxy) is 2. The number of rotatable bonds is 6. The number of amides is 3. The summed E-state index contributed by atoms with van der Waals surface area (Å²) in [4.78, 5) is 24.5. The van der Waals surface area contributed by atoms with Crippen molar-refractivity contribution in [3.63, 3.8) is 0 Å². The Bertz CT molecular complexity index is 520. The molecule has 1 aromatic carbocycles. The first-order chi connectivity index (χ1) is 10.5. The third kappa shape index (κ3) is 4.92. The molecular formula is C15H23N3O4. The largest absolute Gasteiger partial charge is 0.473 e. The van der Waals surface area contributed by atoms with E-state index in [4.69, 9.17) is 15.2 Å². The molecule has 7 nitrogen and oxygen atoms in total. The molecule has 7 heteroatoms. The lowest BCUT2D eigenvalue weighted by Gasteiger charge is -2.20. The van der Waals surface area contributed by atoms with Crippen LogP contribution in [0.15, 0.2) is 18.2 Å². The Hall–Kier alpha value is -2.28. The highest BCUT2D eigenvalue weighted by molar-refractivity contribution is 5.90. The van der Waals surface area contributed by atoms with E-state index in [1.807, 2.05) is 32.0 Å². The van der Waals surface area contributed by atoms with E-state index < -0.39 is 12.1 Å². The highest BCUT2D eigenvalue weighted by Gasteiger charge is 2.21. The van der Waals surface area contributed by atoms with Crippen LogP contribution < -0.4 is 15.8 Å².